The average Bonchev–Trinajstić information content (AvgIpc) is 2.18. The van der Waals surface area contributed by atoms with Gasteiger partial charge in [-0.15, -0.1) is 0 Å². The average molecular weight is 263 g/mol. The largest absolute Gasteiger partial charge is 0.505 e. The number of aryl methyl sites for hydroxylation is 1. The number of pyridine rings is 1. The van der Waals surface area contributed by atoms with Crippen molar-refractivity contribution in [1.29, 1.82) is 0 Å². The maximum absolute atomic E-state index is 10.7. The van der Waals surface area contributed by atoms with Crippen molar-refractivity contribution in [1.82, 2.24) is 4.98 Å². The van der Waals surface area contributed by atoms with Gasteiger partial charge in [-0.2, -0.15) is 0 Å². The zero-order valence-corrected chi connectivity index (χ0v) is 10.0. The van der Waals surface area contributed by atoms with Crippen LogP contribution in [0.4, 0.5) is 0 Å². The number of aldehydes is 1. The Kier molecular flexibility index (Phi) is 4.09. The van der Waals surface area contributed by atoms with E-state index in [1.807, 2.05) is 0 Å². The third-order valence-corrected chi connectivity index (χ3v) is 4.04. The molecule has 0 saturated carbocycles. The number of nitrogens with zero attached hydrogens (tertiary/aromatic N) is 1. The minimum atomic E-state index is -4.20. The Morgan fingerprint density at radius 2 is 2.19 bits per heavy atom. The Morgan fingerprint density at radius 1 is 1.56 bits per heavy atom. The second-order valence-electron chi connectivity index (χ2n) is 3.01. The lowest BCUT2D eigenvalue weighted by molar-refractivity contribution is 0.112. The Morgan fingerprint density at radius 3 is 2.69 bits per heavy atom. The topological polar surface area (TPSA) is 108 Å². The maximum Gasteiger partial charge on any atom is 0.384 e. The zero-order chi connectivity index (χ0) is 12.3. The molecule has 8 heteroatoms. The monoisotopic (exact) mass is 263 g/mol. The highest BCUT2D eigenvalue weighted by molar-refractivity contribution is 8.54. The summed E-state index contributed by atoms with van der Waals surface area (Å²) in [5.74, 6) is -0.335. The normalized spacial score (nSPS) is 11.4. The fourth-order valence-electron chi connectivity index (χ4n) is 1.05. The lowest BCUT2D eigenvalue weighted by Gasteiger charge is -2.08. The van der Waals surface area contributed by atoms with Gasteiger partial charge in [-0.1, -0.05) is 0 Å². The van der Waals surface area contributed by atoms with Crippen LogP contribution in [0.1, 0.15) is 21.6 Å². The molecule has 0 unspecified atom stereocenters. The molecule has 1 rings (SSSR count). The molecule has 1 aromatic rings. The number of hydrogen-bond acceptors (Lipinski definition) is 5. The van der Waals surface area contributed by atoms with Crippen molar-refractivity contribution >= 4 is 24.5 Å². The van der Waals surface area contributed by atoms with Gasteiger partial charge in [-0.25, -0.2) is 4.57 Å². The number of hydrogen-bond donors (Lipinski definition) is 3. The summed E-state index contributed by atoms with van der Waals surface area (Å²) in [4.78, 5) is 31.9. The molecule has 0 radical (unpaired) electrons. The van der Waals surface area contributed by atoms with Crippen LogP contribution in [0.15, 0.2) is 6.20 Å². The Hall–Kier alpha value is -0.880. The number of carbonyl (C=O) groups excluding carboxylic acids is 1. The molecular formula is C8H10NO5PS. The van der Waals surface area contributed by atoms with E-state index in [0.717, 1.165) is 0 Å². The fourth-order valence-corrected chi connectivity index (χ4v) is 2.51. The third kappa shape index (κ3) is 3.31. The third-order valence-electron chi connectivity index (χ3n) is 1.86. The van der Waals surface area contributed by atoms with E-state index in [-0.39, 0.29) is 17.1 Å². The smallest absolute Gasteiger partial charge is 0.384 e. The number of aromatic hydroxyl groups is 1. The van der Waals surface area contributed by atoms with Crippen molar-refractivity contribution in [2.75, 3.05) is 0 Å². The molecule has 88 valence electrons. The first-order valence-electron chi connectivity index (χ1n) is 4.18. The van der Waals surface area contributed by atoms with Crippen LogP contribution >= 0.6 is 18.2 Å². The van der Waals surface area contributed by atoms with Crippen LogP contribution in [0.5, 0.6) is 5.75 Å². The summed E-state index contributed by atoms with van der Waals surface area (Å²) in [5, 5.41) is 9.51. The summed E-state index contributed by atoms with van der Waals surface area (Å²) in [6.07, 6.45) is 1.76. The predicted molar refractivity (Wildman–Crippen MR) is 59.4 cm³/mol. The summed E-state index contributed by atoms with van der Waals surface area (Å²) >= 11 is 0.387. The molecule has 0 atom stereocenters. The Labute approximate surface area is 95.6 Å². The maximum atomic E-state index is 10.7. The SMILES string of the molecule is Cc1ncc(CSP(=O)(O)O)c(C=O)c1O. The molecule has 6 nitrogen and oxygen atoms in total. The van der Waals surface area contributed by atoms with Crippen molar-refractivity contribution in [2.45, 2.75) is 12.7 Å². The highest BCUT2D eigenvalue weighted by atomic mass is 32.7. The van der Waals surface area contributed by atoms with Gasteiger partial charge in [0, 0.05) is 11.9 Å². The van der Waals surface area contributed by atoms with Gasteiger partial charge < -0.3 is 14.9 Å². The van der Waals surface area contributed by atoms with Gasteiger partial charge in [-0.05, 0) is 23.9 Å². The van der Waals surface area contributed by atoms with E-state index in [1.54, 1.807) is 0 Å². The zero-order valence-electron chi connectivity index (χ0n) is 8.32. The highest BCUT2D eigenvalue weighted by Crippen LogP contribution is 2.52. The molecule has 0 aromatic carbocycles. The number of carbonyl (C=O) groups is 1. The second-order valence-corrected chi connectivity index (χ2v) is 6.74. The van der Waals surface area contributed by atoms with Gasteiger partial charge in [0.2, 0.25) is 0 Å². The van der Waals surface area contributed by atoms with Crippen LogP contribution in [0.2, 0.25) is 0 Å². The van der Waals surface area contributed by atoms with Gasteiger partial charge in [0.25, 0.3) is 0 Å². The van der Waals surface area contributed by atoms with Gasteiger partial charge in [0.1, 0.15) is 5.75 Å². The number of rotatable bonds is 4. The Bertz CT molecular complexity index is 458. The van der Waals surface area contributed by atoms with Crippen LogP contribution in [0, 0.1) is 6.92 Å². The van der Waals surface area contributed by atoms with Crippen LogP contribution in [-0.2, 0) is 10.3 Å². The van der Waals surface area contributed by atoms with E-state index in [2.05, 4.69) is 4.98 Å². The minimum Gasteiger partial charge on any atom is -0.505 e. The van der Waals surface area contributed by atoms with E-state index in [4.69, 9.17) is 9.79 Å². The van der Waals surface area contributed by atoms with E-state index in [9.17, 15) is 14.5 Å². The van der Waals surface area contributed by atoms with E-state index >= 15 is 0 Å². The molecule has 0 saturated heterocycles. The highest BCUT2D eigenvalue weighted by Gasteiger charge is 2.17. The van der Waals surface area contributed by atoms with Crippen LogP contribution < -0.4 is 0 Å². The van der Waals surface area contributed by atoms with Gasteiger partial charge in [0.05, 0.1) is 11.3 Å². The molecule has 0 aliphatic carbocycles. The first kappa shape index (κ1) is 13.2. The lowest BCUT2D eigenvalue weighted by Crippen LogP contribution is -1.96. The van der Waals surface area contributed by atoms with Gasteiger partial charge >= 0.3 is 6.80 Å². The summed E-state index contributed by atoms with van der Waals surface area (Å²) in [7, 11) is 0. The van der Waals surface area contributed by atoms with E-state index in [0.29, 0.717) is 28.9 Å². The van der Waals surface area contributed by atoms with Gasteiger partial charge in [-0.3, -0.25) is 9.78 Å². The second kappa shape index (κ2) is 4.97. The van der Waals surface area contributed by atoms with Crippen LogP contribution in [0.3, 0.4) is 0 Å². The predicted octanol–water partition coefficient (Wildman–Crippen LogP) is 1.23. The molecule has 0 aliphatic rings. The summed E-state index contributed by atoms with van der Waals surface area (Å²) in [5.41, 5.74) is 0.618. The van der Waals surface area contributed by atoms with Crippen molar-refractivity contribution in [3.8, 4) is 5.75 Å². The van der Waals surface area contributed by atoms with E-state index < -0.39 is 6.80 Å². The van der Waals surface area contributed by atoms with Crippen LogP contribution in [-0.4, -0.2) is 26.2 Å². The van der Waals surface area contributed by atoms with Gasteiger partial charge in [0.15, 0.2) is 6.29 Å². The molecule has 0 bridgehead atoms. The molecule has 16 heavy (non-hydrogen) atoms. The van der Waals surface area contributed by atoms with Crippen molar-refractivity contribution < 1.29 is 24.3 Å². The summed E-state index contributed by atoms with van der Waals surface area (Å²) in [6.45, 7) is -2.67. The standard InChI is InChI=1S/C8H10NO5PS/c1-5-8(11)7(3-10)6(2-9-5)4-16-15(12,13)14/h2-3,11H,4H2,1H3,(H2,12,13,14). The molecule has 0 spiro atoms. The summed E-state index contributed by atoms with van der Waals surface area (Å²) < 4.78 is 10.6. The fraction of sp³-hybridized carbons (Fsp3) is 0.250. The van der Waals surface area contributed by atoms with Crippen molar-refractivity contribution in [3.63, 3.8) is 0 Å². The van der Waals surface area contributed by atoms with Crippen LogP contribution in [0.25, 0.3) is 0 Å². The van der Waals surface area contributed by atoms with Crippen molar-refractivity contribution in [2.24, 2.45) is 0 Å². The molecule has 1 heterocycles. The quantitative estimate of drug-likeness (QED) is 0.554. The molecule has 1 aromatic heterocycles. The lowest BCUT2D eigenvalue weighted by atomic mass is 10.1. The molecule has 3 N–H and O–H groups in total. The molecular weight excluding hydrogens is 253 g/mol. The number of aromatic nitrogens is 1. The van der Waals surface area contributed by atoms with Crippen molar-refractivity contribution in [3.05, 3.63) is 23.0 Å². The van der Waals surface area contributed by atoms with E-state index in [1.165, 1.54) is 13.1 Å². The minimum absolute atomic E-state index is 0.0217. The first-order chi connectivity index (χ1) is 7.35. The molecule has 0 fully saturated rings. The Balaban J connectivity index is 3.01. The molecule has 0 aliphatic heterocycles. The summed E-state index contributed by atoms with van der Waals surface area (Å²) in [6, 6.07) is 0. The molecule has 0 amide bonds. The first-order valence-corrected chi connectivity index (χ1v) is 7.38.